The quantitative estimate of drug-likeness (QED) is 0.756. The third kappa shape index (κ3) is 4.65. The molecule has 0 aliphatic carbocycles. The summed E-state index contributed by atoms with van der Waals surface area (Å²) in [6.45, 7) is 5.56. The van der Waals surface area contributed by atoms with Crippen LogP contribution in [0.25, 0.3) is 0 Å². The van der Waals surface area contributed by atoms with Gasteiger partial charge in [-0.1, -0.05) is 26.0 Å². The Kier molecular flexibility index (Phi) is 6.48. The fraction of sp³-hybridized carbons (Fsp3) is 0.571. The molecular weight excluding hydrogens is 214 g/mol. The van der Waals surface area contributed by atoms with Gasteiger partial charge >= 0.3 is 0 Å². The largest absolute Gasteiger partial charge is 0.490 e. The van der Waals surface area contributed by atoms with E-state index < -0.39 is 0 Å². The van der Waals surface area contributed by atoms with E-state index in [4.69, 9.17) is 15.2 Å². The van der Waals surface area contributed by atoms with Gasteiger partial charge in [-0.15, -0.1) is 0 Å². The number of hydrogen-bond acceptors (Lipinski definition) is 3. The SMILES string of the molecule is CCCOc1ccccc1OC(CC)CCN. The van der Waals surface area contributed by atoms with E-state index in [0.29, 0.717) is 13.2 Å². The van der Waals surface area contributed by atoms with Gasteiger partial charge in [-0.3, -0.25) is 0 Å². The van der Waals surface area contributed by atoms with Crippen LogP contribution in [-0.2, 0) is 0 Å². The Morgan fingerprint density at radius 2 is 1.88 bits per heavy atom. The molecule has 0 radical (unpaired) electrons. The van der Waals surface area contributed by atoms with Crippen LogP contribution < -0.4 is 15.2 Å². The van der Waals surface area contributed by atoms with Crippen LogP contribution in [0.2, 0.25) is 0 Å². The zero-order valence-corrected chi connectivity index (χ0v) is 10.8. The predicted octanol–water partition coefficient (Wildman–Crippen LogP) is 2.98. The van der Waals surface area contributed by atoms with Crippen molar-refractivity contribution in [1.29, 1.82) is 0 Å². The van der Waals surface area contributed by atoms with Gasteiger partial charge in [0.2, 0.25) is 0 Å². The zero-order chi connectivity index (χ0) is 12.5. The highest BCUT2D eigenvalue weighted by molar-refractivity contribution is 5.39. The zero-order valence-electron chi connectivity index (χ0n) is 10.8. The summed E-state index contributed by atoms with van der Waals surface area (Å²) in [4.78, 5) is 0. The van der Waals surface area contributed by atoms with Crippen molar-refractivity contribution >= 4 is 0 Å². The van der Waals surface area contributed by atoms with E-state index in [9.17, 15) is 0 Å². The molecule has 0 fully saturated rings. The van der Waals surface area contributed by atoms with Crippen LogP contribution in [0.5, 0.6) is 11.5 Å². The molecule has 0 aliphatic rings. The second-order valence-electron chi connectivity index (χ2n) is 4.02. The average molecular weight is 237 g/mol. The van der Waals surface area contributed by atoms with Gasteiger partial charge < -0.3 is 15.2 Å². The van der Waals surface area contributed by atoms with Gasteiger partial charge in [0, 0.05) is 0 Å². The van der Waals surface area contributed by atoms with Crippen LogP contribution in [0, 0.1) is 0 Å². The molecule has 3 heteroatoms. The van der Waals surface area contributed by atoms with Crippen molar-refractivity contribution in [2.45, 2.75) is 39.2 Å². The number of para-hydroxylation sites is 2. The summed E-state index contributed by atoms with van der Waals surface area (Å²) in [5.41, 5.74) is 5.57. The van der Waals surface area contributed by atoms with Gasteiger partial charge in [0.25, 0.3) is 0 Å². The van der Waals surface area contributed by atoms with E-state index in [2.05, 4.69) is 13.8 Å². The summed E-state index contributed by atoms with van der Waals surface area (Å²) in [5.74, 6) is 1.64. The molecule has 1 rings (SSSR count). The first kappa shape index (κ1) is 13.8. The highest BCUT2D eigenvalue weighted by atomic mass is 16.5. The second-order valence-corrected chi connectivity index (χ2v) is 4.02. The van der Waals surface area contributed by atoms with Gasteiger partial charge in [-0.05, 0) is 37.9 Å². The summed E-state index contributed by atoms with van der Waals surface area (Å²) in [6, 6.07) is 7.81. The van der Waals surface area contributed by atoms with Crippen LogP contribution in [-0.4, -0.2) is 19.3 Å². The van der Waals surface area contributed by atoms with E-state index >= 15 is 0 Å². The average Bonchev–Trinajstić information content (AvgIpc) is 2.37. The Hall–Kier alpha value is -1.22. The number of benzene rings is 1. The second kappa shape index (κ2) is 7.96. The smallest absolute Gasteiger partial charge is 0.161 e. The van der Waals surface area contributed by atoms with Crippen LogP contribution in [0.4, 0.5) is 0 Å². The minimum atomic E-state index is 0.173. The lowest BCUT2D eigenvalue weighted by molar-refractivity contribution is 0.177. The Morgan fingerprint density at radius 3 is 2.47 bits per heavy atom. The topological polar surface area (TPSA) is 44.5 Å². The molecule has 17 heavy (non-hydrogen) atoms. The maximum atomic E-state index is 5.93. The van der Waals surface area contributed by atoms with Crippen molar-refractivity contribution in [2.75, 3.05) is 13.2 Å². The molecule has 1 aromatic rings. The Bertz CT molecular complexity index is 315. The fourth-order valence-electron chi connectivity index (χ4n) is 1.59. The molecule has 1 atom stereocenters. The first-order valence-electron chi connectivity index (χ1n) is 6.40. The summed E-state index contributed by atoms with van der Waals surface area (Å²) in [7, 11) is 0. The van der Waals surface area contributed by atoms with E-state index in [0.717, 1.165) is 30.8 Å². The van der Waals surface area contributed by atoms with Gasteiger partial charge in [0.05, 0.1) is 12.7 Å². The Labute approximate surface area is 104 Å². The predicted molar refractivity (Wildman–Crippen MR) is 70.6 cm³/mol. The summed E-state index contributed by atoms with van der Waals surface area (Å²) >= 11 is 0. The number of hydrogen-bond donors (Lipinski definition) is 1. The van der Waals surface area contributed by atoms with E-state index in [1.165, 1.54) is 0 Å². The van der Waals surface area contributed by atoms with Gasteiger partial charge in [-0.25, -0.2) is 0 Å². The molecule has 0 saturated heterocycles. The minimum Gasteiger partial charge on any atom is -0.490 e. The molecule has 0 aromatic heterocycles. The molecule has 0 heterocycles. The van der Waals surface area contributed by atoms with Crippen LogP contribution in [0.15, 0.2) is 24.3 Å². The minimum absolute atomic E-state index is 0.173. The number of ether oxygens (including phenoxy) is 2. The molecule has 0 saturated carbocycles. The lowest BCUT2D eigenvalue weighted by atomic mass is 10.2. The summed E-state index contributed by atoms with van der Waals surface area (Å²) in [5, 5.41) is 0. The highest BCUT2D eigenvalue weighted by Crippen LogP contribution is 2.28. The molecule has 0 aliphatic heterocycles. The Balaban J connectivity index is 2.67. The molecular formula is C14H23NO2. The number of rotatable bonds is 8. The third-order valence-corrected chi connectivity index (χ3v) is 2.55. The van der Waals surface area contributed by atoms with Crippen LogP contribution >= 0.6 is 0 Å². The maximum absolute atomic E-state index is 5.93. The normalized spacial score (nSPS) is 12.2. The van der Waals surface area contributed by atoms with Gasteiger partial charge in [0.15, 0.2) is 11.5 Å². The van der Waals surface area contributed by atoms with Crippen LogP contribution in [0.3, 0.4) is 0 Å². The maximum Gasteiger partial charge on any atom is 0.161 e. The van der Waals surface area contributed by atoms with Crippen molar-refractivity contribution in [3.63, 3.8) is 0 Å². The fourth-order valence-corrected chi connectivity index (χ4v) is 1.59. The summed E-state index contributed by atoms with van der Waals surface area (Å²) in [6.07, 6.45) is 3.00. The van der Waals surface area contributed by atoms with Gasteiger partial charge in [-0.2, -0.15) is 0 Å². The van der Waals surface area contributed by atoms with E-state index in [1.54, 1.807) is 0 Å². The lowest BCUT2D eigenvalue weighted by Gasteiger charge is -2.19. The molecule has 0 amide bonds. The van der Waals surface area contributed by atoms with Crippen molar-refractivity contribution in [2.24, 2.45) is 5.73 Å². The molecule has 1 unspecified atom stereocenters. The Morgan fingerprint density at radius 1 is 1.18 bits per heavy atom. The lowest BCUT2D eigenvalue weighted by Crippen LogP contribution is -2.20. The molecule has 0 spiro atoms. The molecule has 3 nitrogen and oxygen atoms in total. The van der Waals surface area contributed by atoms with Crippen molar-refractivity contribution < 1.29 is 9.47 Å². The molecule has 96 valence electrons. The highest BCUT2D eigenvalue weighted by Gasteiger charge is 2.10. The summed E-state index contributed by atoms with van der Waals surface area (Å²) < 4.78 is 11.6. The first-order valence-corrected chi connectivity index (χ1v) is 6.40. The van der Waals surface area contributed by atoms with Crippen molar-refractivity contribution in [1.82, 2.24) is 0 Å². The standard InChI is InChI=1S/C14H23NO2/c1-3-11-16-13-7-5-6-8-14(13)17-12(4-2)9-10-15/h5-8,12H,3-4,9-11,15H2,1-2H3. The first-order chi connectivity index (χ1) is 8.31. The molecule has 0 bridgehead atoms. The molecule has 1 aromatic carbocycles. The van der Waals surface area contributed by atoms with Crippen molar-refractivity contribution in [3.8, 4) is 11.5 Å². The third-order valence-electron chi connectivity index (χ3n) is 2.55. The number of nitrogens with two attached hydrogens (primary N) is 1. The van der Waals surface area contributed by atoms with E-state index in [1.807, 2.05) is 24.3 Å². The van der Waals surface area contributed by atoms with Crippen molar-refractivity contribution in [3.05, 3.63) is 24.3 Å². The monoisotopic (exact) mass is 237 g/mol. The van der Waals surface area contributed by atoms with E-state index in [-0.39, 0.29) is 6.10 Å². The molecule has 2 N–H and O–H groups in total. The van der Waals surface area contributed by atoms with Crippen LogP contribution in [0.1, 0.15) is 33.1 Å². The van der Waals surface area contributed by atoms with Gasteiger partial charge in [0.1, 0.15) is 0 Å².